The Labute approximate surface area is 109 Å². The Morgan fingerprint density at radius 1 is 0.944 bits per heavy atom. The molecule has 0 fully saturated rings. The molecule has 0 heterocycles. The highest BCUT2D eigenvalue weighted by Gasteiger charge is 1.99. The van der Waals surface area contributed by atoms with Crippen molar-refractivity contribution in [1.82, 2.24) is 0 Å². The minimum Gasteiger partial charge on any atom is -0.489 e. The lowest BCUT2D eigenvalue weighted by atomic mass is 10.2. The maximum Gasteiger partial charge on any atom is 0.120 e. The lowest BCUT2D eigenvalue weighted by Crippen LogP contribution is -2.81. The average Bonchev–Trinajstić information content (AvgIpc) is 2.44. The van der Waals surface area contributed by atoms with Crippen LogP contribution in [-0.4, -0.2) is 6.54 Å². The van der Waals surface area contributed by atoms with Gasteiger partial charge in [-0.25, -0.2) is 0 Å². The van der Waals surface area contributed by atoms with Crippen LogP contribution in [0.15, 0.2) is 54.6 Å². The van der Waals surface area contributed by atoms with E-state index in [0.717, 1.165) is 18.8 Å². The molecule has 2 nitrogen and oxygen atoms in total. The third kappa shape index (κ3) is 3.90. The van der Waals surface area contributed by atoms with Gasteiger partial charge in [-0.2, -0.15) is 0 Å². The SMILES string of the molecule is CC[NH2+]Cc1cccc(OCc2ccccc2)c1. The van der Waals surface area contributed by atoms with Gasteiger partial charge in [-0.3, -0.25) is 0 Å². The summed E-state index contributed by atoms with van der Waals surface area (Å²) < 4.78 is 5.80. The van der Waals surface area contributed by atoms with Crippen LogP contribution < -0.4 is 10.1 Å². The fourth-order valence-corrected chi connectivity index (χ4v) is 1.81. The monoisotopic (exact) mass is 242 g/mol. The molecule has 2 rings (SSSR count). The largest absolute Gasteiger partial charge is 0.489 e. The van der Waals surface area contributed by atoms with Crippen LogP contribution in [0.2, 0.25) is 0 Å². The molecule has 0 amide bonds. The van der Waals surface area contributed by atoms with Crippen LogP contribution in [0, 0.1) is 0 Å². The van der Waals surface area contributed by atoms with Crippen molar-refractivity contribution >= 4 is 0 Å². The molecule has 0 bridgehead atoms. The van der Waals surface area contributed by atoms with Gasteiger partial charge in [0.2, 0.25) is 0 Å². The maximum absolute atomic E-state index is 5.80. The smallest absolute Gasteiger partial charge is 0.120 e. The number of benzene rings is 2. The highest BCUT2D eigenvalue weighted by Crippen LogP contribution is 2.14. The van der Waals surface area contributed by atoms with Gasteiger partial charge < -0.3 is 10.1 Å². The Hall–Kier alpha value is -1.80. The first-order valence-corrected chi connectivity index (χ1v) is 6.46. The molecular weight excluding hydrogens is 222 g/mol. The van der Waals surface area contributed by atoms with E-state index in [1.54, 1.807) is 0 Å². The Balaban J connectivity index is 1.93. The summed E-state index contributed by atoms with van der Waals surface area (Å²) in [7, 11) is 0. The fourth-order valence-electron chi connectivity index (χ4n) is 1.81. The quantitative estimate of drug-likeness (QED) is 0.826. The molecule has 0 aliphatic heterocycles. The summed E-state index contributed by atoms with van der Waals surface area (Å²) in [5.41, 5.74) is 2.51. The zero-order chi connectivity index (χ0) is 12.6. The molecule has 2 aromatic carbocycles. The Morgan fingerprint density at radius 3 is 2.50 bits per heavy atom. The topological polar surface area (TPSA) is 25.8 Å². The molecule has 0 spiro atoms. The fraction of sp³-hybridized carbons (Fsp3) is 0.250. The molecule has 2 aromatic rings. The van der Waals surface area contributed by atoms with E-state index < -0.39 is 0 Å². The van der Waals surface area contributed by atoms with Gasteiger partial charge in [0.25, 0.3) is 0 Å². The minimum atomic E-state index is 0.627. The highest BCUT2D eigenvalue weighted by molar-refractivity contribution is 5.28. The molecule has 0 saturated heterocycles. The molecule has 0 aromatic heterocycles. The Morgan fingerprint density at radius 2 is 1.72 bits per heavy atom. The molecule has 18 heavy (non-hydrogen) atoms. The number of hydrogen-bond donors (Lipinski definition) is 1. The van der Waals surface area contributed by atoms with Gasteiger partial charge in [-0.1, -0.05) is 42.5 Å². The third-order valence-electron chi connectivity index (χ3n) is 2.82. The van der Waals surface area contributed by atoms with Gasteiger partial charge in [0.1, 0.15) is 18.9 Å². The van der Waals surface area contributed by atoms with Gasteiger partial charge in [-0.15, -0.1) is 0 Å². The van der Waals surface area contributed by atoms with E-state index in [2.05, 4.69) is 42.6 Å². The molecule has 0 aliphatic carbocycles. The van der Waals surface area contributed by atoms with E-state index in [1.807, 2.05) is 24.3 Å². The molecule has 0 aliphatic rings. The van der Waals surface area contributed by atoms with Crippen molar-refractivity contribution in [1.29, 1.82) is 0 Å². The molecular formula is C16H20NO+. The van der Waals surface area contributed by atoms with Crippen molar-refractivity contribution < 1.29 is 10.1 Å². The van der Waals surface area contributed by atoms with E-state index in [9.17, 15) is 0 Å². The number of ether oxygens (including phenoxy) is 1. The lowest BCUT2D eigenvalue weighted by Gasteiger charge is -2.07. The summed E-state index contributed by atoms with van der Waals surface area (Å²) in [6, 6.07) is 18.6. The van der Waals surface area contributed by atoms with Crippen LogP contribution in [0.25, 0.3) is 0 Å². The van der Waals surface area contributed by atoms with Gasteiger partial charge in [-0.05, 0) is 24.6 Å². The van der Waals surface area contributed by atoms with Crippen LogP contribution in [0.4, 0.5) is 0 Å². The summed E-state index contributed by atoms with van der Waals surface area (Å²) in [6.45, 7) is 4.91. The zero-order valence-electron chi connectivity index (χ0n) is 10.8. The standard InChI is InChI=1S/C16H19NO/c1-2-17-12-15-9-6-10-16(11-15)18-13-14-7-4-3-5-8-14/h3-11,17H,2,12-13H2,1H3/p+1. The lowest BCUT2D eigenvalue weighted by molar-refractivity contribution is -0.667. The third-order valence-corrected chi connectivity index (χ3v) is 2.82. The van der Waals surface area contributed by atoms with E-state index in [1.165, 1.54) is 11.1 Å². The first-order chi connectivity index (χ1) is 8.88. The van der Waals surface area contributed by atoms with Crippen LogP contribution in [0.5, 0.6) is 5.75 Å². The molecule has 0 atom stereocenters. The van der Waals surface area contributed by atoms with E-state index >= 15 is 0 Å². The number of hydrogen-bond acceptors (Lipinski definition) is 1. The molecule has 0 saturated carbocycles. The van der Waals surface area contributed by atoms with E-state index in [-0.39, 0.29) is 0 Å². The summed E-state index contributed by atoms with van der Waals surface area (Å²) in [5, 5.41) is 2.27. The van der Waals surface area contributed by atoms with Crippen LogP contribution in [0.1, 0.15) is 18.1 Å². The number of rotatable bonds is 6. The molecule has 2 heteroatoms. The second kappa shape index (κ2) is 6.82. The maximum atomic E-state index is 5.80. The van der Waals surface area contributed by atoms with Gasteiger partial charge in [0.15, 0.2) is 0 Å². The first kappa shape index (κ1) is 12.7. The van der Waals surface area contributed by atoms with Gasteiger partial charge in [0, 0.05) is 5.56 Å². The summed E-state index contributed by atoms with van der Waals surface area (Å²) in [4.78, 5) is 0. The predicted octanol–water partition coefficient (Wildman–Crippen LogP) is 2.35. The number of nitrogens with two attached hydrogens (primary N) is 1. The Kier molecular flexibility index (Phi) is 4.79. The van der Waals surface area contributed by atoms with Crippen LogP contribution >= 0.6 is 0 Å². The second-order valence-corrected chi connectivity index (χ2v) is 4.32. The van der Waals surface area contributed by atoms with Crippen molar-refractivity contribution in [2.24, 2.45) is 0 Å². The van der Waals surface area contributed by atoms with Crippen molar-refractivity contribution in [3.63, 3.8) is 0 Å². The molecule has 2 N–H and O–H groups in total. The second-order valence-electron chi connectivity index (χ2n) is 4.32. The molecule has 94 valence electrons. The van der Waals surface area contributed by atoms with Crippen molar-refractivity contribution in [2.75, 3.05) is 6.54 Å². The number of quaternary nitrogens is 1. The summed E-state index contributed by atoms with van der Waals surface area (Å²) in [6.07, 6.45) is 0. The van der Waals surface area contributed by atoms with Crippen LogP contribution in [-0.2, 0) is 13.2 Å². The van der Waals surface area contributed by atoms with Gasteiger partial charge in [0.05, 0.1) is 6.54 Å². The van der Waals surface area contributed by atoms with Crippen molar-refractivity contribution in [3.05, 3.63) is 65.7 Å². The Bertz CT molecular complexity index is 468. The van der Waals surface area contributed by atoms with Crippen LogP contribution in [0.3, 0.4) is 0 Å². The van der Waals surface area contributed by atoms with E-state index in [4.69, 9.17) is 4.74 Å². The molecule has 0 unspecified atom stereocenters. The highest BCUT2D eigenvalue weighted by atomic mass is 16.5. The van der Waals surface area contributed by atoms with Gasteiger partial charge >= 0.3 is 0 Å². The molecule has 0 radical (unpaired) electrons. The first-order valence-electron chi connectivity index (χ1n) is 6.46. The van der Waals surface area contributed by atoms with Crippen molar-refractivity contribution in [2.45, 2.75) is 20.1 Å². The summed E-state index contributed by atoms with van der Waals surface area (Å²) in [5.74, 6) is 0.945. The summed E-state index contributed by atoms with van der Waals surface area (Å²) >= 11 is 0. The van der Waals surface area contributed by atoms with E-state index in [0.29, 0.717) is 6.61 Å². The predicted molar refractivity (Wildman–Crippen MR) is 73.4 cm³/mol. The zero-order valence-corrected chi connectivity index (χ0v) is 10.8. The van der Waals surface area contributed by atoms with Crippen molar-refractivity contribution in [3.8, 4) is 5.75 Å². The minimum absolute atomic E-state index is 0.627. The normalized spacial score (nSPS) is 10.3. The average molecular weight is 242 g/mol.